The van der Waals surface area contributed by atoms with Crippen molar-refractivity contribution in [2.45, 2.75) is 294 Å². The van der Waals surface area contributed by atoms with Gasteiger partial charge in [0.05, 0.1) is 25.4 Å². The number of carbonyl (C=O) groups is 1. The van der Waals surface area contributed by atoms with Crippen LogP contribution in [0.1, 0.15) is 251 Å². The Kier molecular flexibility index (Phi) is 45.6. The normalized spacial score (nSPS) is 20.0. The fourth-order valence-corrected chi connectivity index (χ4v) is 8.75. The summed E-state index contributed by atoms with van der Waals surface area (Å²) in [5.74, 6) is -0.189. The van der Waals surface area contributed by atoms with Crippen molar-refractivity contribution >= 4 is 5.91 Å². The molecule has 0 radical (unpaired) electrons. The first kappa shape index (κ1) is 63.9. The largest absolute Gasteiger partial charge is 0.394 e. The number of unbranched alkanes of at least 4 members (excludes halogenated alkanes) is 30. The third kappa shape index (κ3) is 37.7. The van der Waals surface area contributed by atoms with Gasteiger partial charge in [-0.05, 0) is 64.2 Å². The molecule has 1 heterocycles. The van der Waals surface area contributed by atoms with Gasteiger partial charge < -0.3 is 40.3 Å². The Hall–Kier alpha value is -2.11. The van der Waals surface area contributed by atoms with Crippen molar-refractivity contribution in [3.63, 3.8) is 0 Å². The van der Waals surface area contributed by atoms with Crippen molar-refractivity contribution in [3.05, 3.63) is 60.8 Å². The molecule has 1 aliphatic heterocycles. The lowest BCUT2D eigenvalue weighted by atomic mass is 9.99. The van der Waals surface area contributed by atoms with Crippen LogP contribution in [-0.4, -0.2) is 87.5 Å². The molecule has 1 saturated heterocycles. The Bertz CT molecular complexity index is 1250. The summed E-state index contributed by atoms with van der Waals surface area (Å²) in [6.45, 7) is 3.67. The van der Waals surface area contributed by atoms with Crippen molar-refractivity contribution in [1.82, 2.24) is 5.32 Å². The highest BCUT2D eigenvalue weighted by molar-refractivity contribution is 5.76. The fourth-order valence-electron chi connectivity index (χ4n) is 8.75. The lowest BCUT2D eigenvalue weighted by molar-refractivity contribution is -0.302. The van der Waals surface area contributed by atoms with Crippen LogP contribution in [0.25, 0.3) is 0 Å². The molecular formula is C59H107NO8. The maximum atomic E-state index is 13.0. The summed E-state index contributed by atoms with van der Waals surface area (Å²) in [6.07, 6.45) is 59.1. The van der Waals surface area contributed by atoms with E-state index in [9.17, 15) is 30.3 Å². The van der Waals surface area contributed by atoms with Crippen LogP contribution in [0.3, 0.4) is 0 Å². The third-order valence-corrected chi connectivity index (χ3v) is 13.3. The molecular weight excluding hydrogens is 851 g/mol. The average molecular weight is 959 g/mol. The second-order valence-corrected chi connectivity index (χ2v) is 19.7. The zero-order chi connectivity index (χ0) is 49.4. The number of nitrogens with one attached hydrogen (secondary N) is 1. The number of amides is 1. The molecule has 1 rings (SSSR count). The van der Waals surface area contributed by atoms with E-state index >= 15 is 0 Å². The van der Waals surface area contributed by atoms with Gasteiger partial charge in [-0.2, -0.15) is 0 Å². The lowest BCUT2D eigenvalue weighted by Crippen LogP contribution is -2.60. The number of rotatable bonds is 48. The lowest BCUT2D eigenvalue weighted by Gasteiger charge is -2.40. The Labute approximate surface area is 417 Å². The van der Waals surface area contributed by atoms with Gasteiger partial charge in [-0.3, -0.25) is 4.79 Å². The first-order valence-electron chi connectivity index (χ1n) is 28.5. The number of allylic oxidation sites excluding steroid dienone is 9. The van der Waals surface area contributed by atoms with Crippen molar-refractivity contribution in [3.8, 4) is 0 Å². The quantitative estimate of drug-likeness (QED) is 0.0261. The van der Waals surface area contributed by atoms with Crippen LogP contribution in [0.15, 0.2) is 60.8 Å². The minimum Gasteiger partial charge on any atom is -0.394 e. The SMILES string of the molecule is CCCC/C=C/CC/C=C/C(O)C(COC1OC(CO)C(O)C(O)C1O)NC(=O)CCCCCCCCCCCCCCCCCCCCCCCC/C=C\C/C=C\C/C=C\CCCCCCC. The van der Waals surface area contributed by atoms with Crippen LogP contribution in [0.5, 0.6) is 0 Å². The van der Waals surface area contributed by atoms with Gasteiger partial charge in [0.25, 0.3) is 0 Å². The van der Waals surface area contributed by atoms with Crippen LogP contribution in [0.4, 0.5) is 0 Å². The molecule has 0 aliphatic carbocycles. The van der Waals surface area contributed by atoms with E-state index < -0.39 is 49.5 Å². The Morgan fingerprint density at radius 3 is 1.38 bits per heavy atom. The molecule has 1 amide bonds. The van der Waals surface area contributed by atoms with Crippen LogP contribution < -0.4 is 5.32 Å². The van der Waals surface area contributed by atoms with Gasteiger partial charge >= 0.3 is 0 Å². The highest BCUT2D eigenvalue weighted by Gasteiger charge is 2.44. The fraction of sp³-hybridized carbons (Fsp3) is 0.814. The van der Waals surface area contributed by atoms with Gasteiger partial charge in [-0.15, -0.1) is 0 Å². The molecule has 0 aromatic rings. The molecule has 7 unspecified atom stereocenters. The maximum absolute atomic E-state index is 13.0. The van der Waals surface area contributed by atoms with E-state index in [1.54, 1.807) is 6.08 Å². The molecule has 6 N–H and O–H groups in total. The second kappa shape index (κ2) is 48.5. The molecule has 396 valence electrons. The molecule has 0 spiro atoms. The maximum Gasteiger partial charge on any atom is 0.220 e. The van der Waals surface area contributed by atoms with E-state index in [0.29, 0.717) is 6.42 Å². The van der Waals surface area contributed by atoms with Crippen molar-refractivity contribution in [2.75, 3.05) is 13.2 Å². The van der Waals surface area contributed by atoms with E-state index in [0.717, 1.165) is 57.8 Å². The van der Waals surface area contributed by atoms with Gasteiger partial charge in [-0.25, -0.2) is 0 Å². The van der Waals surface area contributed by atoms with Crippen molar-refractivity contribution < 1.29 is 39.8 Å². The molecule has 0 saturated carbocycles. The highest BCUT2D eigenvalue weighted by atomic mass is 16.7. The Morgan fingerprint density at radius 2 is 0.897 bits per heavy atom. The van der Waals surface area contributed by atoms with E-state index in [-0.39, 0.29) is 12.5 Å². The number of aliphatic hydroxyl groups excluding tert-OH is 5. The molecule has 7 atom stereocenters. The van der Waals surface area contributed by atoms with Crippen LogP contribution in [0.2, 0.25) is 0 Å². The smallest absolute Gasteiger partial charge is 0.220 e. The van der Waals surface area contributed by atoms with Gasteiger partial charge in [0.15, 0.2) is 6.29 Å². The predicted molar refractivity (Wildman–Crippen MR) is 286 cm³/mol. The number of aliphatic hydroxyl groups is 5. The molecule has 1 fully saturated rings. The molecule has 0 aromatic carbocycles. The molecule has 68 heavy (non-hydrogen) atoms. The molecule has 0 aromatic heterocycles. The van der Waals surface area contributed by atoms with E-state index in [1.165, 1.54) is 173 Å². The molecule has 1 aliphatic rings. The van der Waals surface area contributed by atoms with Gasteiger partial charge in [0.2, 0.25) is 5.91 Å². The summed E-state index contributed by atoms with van der Waals surface area (Å²) in [5, 5.41) is 54.1. The van der Waals surface area contributed by atoms with E-state index in [2.05, 4.69) is 67.8 Å². The second-order valence-electron chi connectivity index (χ2n) is 19.7. The minimum atomic E-state index is -1.57. The Balaban J connectivity index is 2.01. The molecule has 9 heteroatoms. The number of ether oxygens (including phenoxy) is 2. The standard InChI is InChI=1S/C59H107NO8/c1-3-5-7-9-11-13-14-15-16-17-18-19-20-21-22-23-24-25-26-27-28-29-30-31-32-33-34-35-36-37-38-39-40-41-43-45-47-49-55(63)60-52(53(62)48-46-44-42-12-10-8-6-4-2)51-67-59-58(66)57(65)56(64)54(50-61)68-59/h10,12,14-15,17-18,20-21,46,48,52-54,56-59,61-62,64-66H,3-9,11,13,16,19,22-45,47,49-51H2,1-2H3,(H,60,63)/b12-10+,15-14-,18-17-,21-20-,48-46+. The van der Waals surface area contributed by atoms with Crippen molar-refractivity contribution in [1.29, 1.82) is 0 Å². The number of carbonyl (C=O) groups excluding carboxylic acids is 1. The average Bonchev–Trinajstić information content (AvgIpc) is 3.34. The third-order valence-electron chi connectivity index (χ3n) is 13.3. The first-order valence-corrected chi connectivity index (χ1v) is 28.5. The van der Waals surface area contributed by atoms with Crippen molar-refractivity contribution in [2.24, 2.45) is 0 Å². The predicted octanol–water partition coefficient (Wildman–Crippen LogP) is 13.9. The highest BCUT2D eigenvalue weighted by Crippen LogP contribution is 2.23. The van der Waals surface area contributed by atoms with E-state index in [4.69, 9.17) is 9.47 Å². The summed E-state index contributed by atoms with van der Waals surface area (Å²) in [7, 11) is 0. The van der Waals surface area contributed by atoms with Gasteiger partial charge in [0, 0.05) is 6.42 Å². The van der Waals surface area contributed by atoms with Crippen LogP contribution in [-0.2, 0) is 14.3 Å². The number of hydrogen-bond donors (Lipinski definition) is 6. The first-order chi connectivity index (χ1) is 33.3. The molecule has 9 nitrogen and oxygen atoms in total. The monoisotopic (exact) mass is 958 g/mol. The summed E-state index contributed by atoms with van der Waals surface area (Å²) in [4.78, 5) is 13.0. The van der Waals surface area contributed by atoms with Gasteiger partial charge in [0.1, 0.15) is 24.4 Å². The summed E-state index contributed by atoms with van der Waals surface area (Å²) >= 11 is 0. The zero-order valence-electron chi connectivity index (χ0n) is 43.9. The summed E-state index contributed by atoms with van der Waals surface area (Å²) < 4.78 is 11.2. The van der Waals surface area contributed by atoms with E-state index in [1.807, 2.05) is 6.08 Å². The summed E-state index contributed by atoms with van der Waals surface area (Å²) in [6, 6.07) is -0.819. The zero-order valence-corrected chi connectivity index (χ0v) is 43.9. The minimum absolute atomic E-state index is 0.189. The van der Waals surface area contributed by atoms with Crippen LogP contribution >= 0.6 is 0 Å². The number of hydrogen-bond acceptors (Lipinski definition) is 8. The Morgan fingerprint density at radius 1 is 0.500 bits per heavy atom. The molecule has 0 bridgehead atoms. The topological polar surface area (TPSA) is 149 Å². The van der Waals surface area contributed by atoms with Gasteiger partial charge in [-0.1, -0.05) is 242 Å². The summed E-state index contributed by atoms with van der Waals surface area (Å²) in [5.41, 5.74) is 0. The van der Waals surface area contributed by atoms with Crippen LogP contribution in [0, 0.1) is 0 Å².